The van der Waals surface area contributed by atoms with Gasteiger partial charge in [-0.3, -0.25) is 4.79 Å². The van der Waals surface area contributed by atoms with E-state index in [4.69, 9.17) is 21.7 Å². The van der Waals surface area contributed by atoms with Crippen molar-refractivity contribution in [3.8, 4) is 5.75 Å². The molecular weight excluding hydrogens is 447 g/mol. The Morgan fingerprint density at radius 2 is 1.97 bits per heavy atom. The molecule has 1 aromatic carbocycles. The van der Waals surface area contributed by atoms with E-state index in [1.165, 1.54) is 12.0 Å². The van der Waals surface area contributed by atoms with E-state index in [9.17, 15) is 18.0 Å². The number of nitrogens with one attached hydrogen (secondary N) is 2. The zero-order chi connectivity index (χ0) is 23.6. The molecule has 1 aromatic heterocycles. The Balaban J connectivity index is 1.90. The smallest absolute Gasteiger partial charge is 0.451 e. The van der Waals surface area contributed by atoms with E-state index in [1.807, 2.05) is 0 Å². The van der Waals surface area contributed by atoms with Crippen molar-refractivity contribution in [2.24, 2.45) is 0 Å². The summed E-state index contributed by atoms with van der Waals surface area (Å²) in [5.74, 6) is -1.20. The number of nitrogens with zero attached hydrogens (tertiary/aromatic N) is 3. The number of halogens is 4. The van der Waals surface area contributed by atoms with Crippen LogP contribution in [0.2, 0.25) is 5.02 Å². The molecule has 0 aliphatic carbocycles. The second-order valence-electron chi connectivity index (χ2n) is 7.06. The Kier molecular flexibility index (Phi) is 6.73. The summed E-state index contributed by atoms with van der Waals surface area (Å²) in [6, 6.07) is 4.31. The lowest BCUT2D eigenvalue weighted by atomic mass is 9.91. The van der Waals surface area contributed by atoms with Crippen molar-refractivity contribution in [3.05, 3.63) is 58.1 Å². The number of carbonyl (C=O) groups is 1. The number of rotatable bonds is 4. The third-order valence-electron chi connectivity index (χ3n) is 5.23. The fourth-order valence-corrected chi connectivity index (χ4v) is 3.85. The molecule has 7 nitrogen and oxygen atoms in total. The first-order valence-electron chi connectivity index (χ1n) is 9.63. The Morgan fingerprint density at radius 1 is 1.31 bits per heavy atom. The van der Waals surface area contributed by atoms with Gasteiger partial charge in [-0.05, 0) is 25.5 Å². The summed E-state index contributed by atoms with van der Waals surface area (Å²) in [7, 11) is 3.06. The zero-order valence-electron chi connectivity index (χ0n) is 17.5. The van der Waals surface area contributed by atoms with Gasteiger partial charge in [0.2, 0.25) is 5.82 Å². The Bertz CT molecular complexity index is 1070. The number of amides is 1. The Labute approximate surface area is 187 Å². The van der Waals surface area contributed by atoms with Crippen molar-refractivity contribution < 1.29 is 22.7 Å². The fourth-order valence-electron chi connectivity index (χ4n) is 3.57. The number of methoxy groups -OCH3 is 1. The van der Waals surface area contributed by atoms with Gasteiger partial charge in [-0.15, -0.1) is 0 Å². The molecule has 3 rings (SSSR count). The first-order chi connectivity index (χ1) is 15.1. The van der Waals surface area contributed by atoms with Gasteiger partial charge >= 0.3 is 6.18 Å². The van der Waals surface area contributed by atoms with Crippen LogP contribution in [0.5, 0.6) is 5.75 Å². The summed E-state index contributed by atoms with van der Waals surface area (Å²) < 4.78 is 43.5. The third-order valence-corrected chi connectivity index (χ3v) is 5.62. The van der Waals surface area contributed by atoms with Crippen molar-refractivity contribution >= 4 is 28.9 Å². The SMILES string of the molecule is CN/C(=C1/CCN(C(=O)c2cccc(OC)c2Cl)[C@@H](C)C1=N)c1cnc(C(F)(F)F)nc1. The van der Waals surface area contributed by atoms with Crippen molar-refractivity contribution in [2.75, 3.05) is 20.7 Å². The molecule has 0 bridgehead atoms. The molecule has 170 valence electrons. The molecular formula is C21H21ClF3N5O2. The number of likely N-dealkylation sites (tertiary alicyclic amines) is 1. The summed E-state index contributed by atoms with van der Waals surface area (Å²) in [6.07, 6.45) is -2.19. The molecule has 1 amide bonds. The molecule has 1 fully saturated rings. The average molecular weight is 468 g/mol. The molecule has 2 N–H and O–H groups in total. The summed E-state index contributed by atoms with van der Waals surface area (Å²) in [6.45, 7) is 2.00. The first kappa shape index (κ1) is 23.5. The average Bonchev–Trinajstić information content (AvgIpc) is 2.76. The lowest BCUT2D eigenvalue weighted by Crippen LogP contribution is -2.48. The molecule has 1 aliphatic heterocycles. The van der Waals surface area contributed by atoms with Gasteiger partial charge in [0.25, 0.3) is 5.91 Å². The highest BCUT2D eigenvalue weighted by Crippen LogP contribution is 2.32. The van der Waals surface area contributed by atoms with Crippen LogP contribution in [-0.4, -0.2) is 53.2 Å². The summed E-state index contributed by atoms with van der Waals surface area (Å²) in [5, 5.41) is 11.8. The highest BCUT2D eigenvalue weighted by molar-refractivity contribution is 6.35. The van der Waals surface area contributed by atoms with Crippen LogP contribution in [0.1, 0.15) is 35.1 Å². The standard InChI is InChI=1S/C21H21ClF3N5O2/c1-11-17(26)14(18(27-2)12-9-28-20(29-10-12)21(23,24)25)7-8-30(11)19(31)13-5-4-6-15(32-3)16(13)22/h4-6,9-11,26-27H,7-8H2,1-3H3/b18-14-,26-17?/t11-/m0/s1. The molecule has 1 atom stereocenters. The third kappa shape index (κ3) is 4.40. The molecule has 0 radical (unpaired) electrons. The fraction of sp³-hybridized carbons (Fsp3) is 0.333. The quantitative estimate of drug-likeness (QED) is 0.708. The maximum Gasteiger partial charge on any atom is 0.451 e. The van der Waals surface area contributed by atoms with Crippen LogP contribution in [0, 0.1) is 5.41 Å². The highest BCUT2D eigenvalue weighted by atomic mass is 35.5. The minimum absolute atomic E-state index is 0.160. The molecule has 2 aromatic rings. The number of alkyl halides is 3. The van der Waals surface area contributed by atoms with Gasteiger partial charge in [0.05, 0.1) is 29.4 Å². The normalized spacial score (nSPS) is 18.4. The number of hydrogen-bond donors (Lipinski definition) is 2. The van der Waals surface area contributed by atoms with Crippen LogP contribution in [-0.2, 0) is 6.18 Å². The molecule has 2 heterocycles. The van der Waals surface area contributed by atoms with Crippen molar-refractivity contribution in [1.82, 2.24) is 20.2 Å². The maximum atomic E-state index is 13.1. The van der Waals surface area contributed by atoms with E-state index in [1.54, 1.807) is 32.2 Å². The highest BCUT2D eigenvalue weighted by Gasteiger charge is 2.35. The molecule has 0 spiro atoms. The topological polar surface area (TPSA) is 91.2 Å². The Hall–Kier alpha value is -3.14. The van der Waals surface area contributed by atoms with Crippen molar-refractivity contribution in [1.29, 1.82) is 5.41 Å². The van der Waals surface area contributed by atoms with Gasteiger partial charge in [-0.1, -0.05) is 17.7 Å². The van der Waals surface area contributed by atoms with Gasteiger partial charge in [0, 0.05) is 42.8 Å². The van der Waals surface area contributed by atoms with Gasteiger partial charge < -0.3 is 20.4 Å². The Morgan fingerprint density at radius 3 is 2.53 bits per heavy atom. The second-order valence-corrected chi connectivity index (χ2v) is 7.43. The van der Waals surface area contributed by atoms with Crippen LogP contribution < -0.4 is 10.1 Å². The van der Waals surface area contributed by atoms with Gasteiger partial charge in [-0.2, -0.15) is 13.2 Å². The molecule has 11 heteroatoms. The van der Waals surface area contributed by atoms with Crippen LogP contribution >= 0.6 is 11.6 Å². The van der Waals surface area contributed by atoms with E-state index < -0.39 is 18.0 Å². The van der Waals surface area contributed by atoms with Crippen LogP contribution in [0.25, 0.3) is 5.70 Å². The summed E-state index contributed by atoms with van der Waals surface area (Å²) >= 11 is 6.29. The van der Waals surface area contributed by atoms with Crippen LogP contribution in [0.4, 0.5) is 13.2 Å². The first-order valence-corrected chi connectivity index (χ1v) is 10.0. The number of carbonyl (C=O) groups excluding carboxylic acids is 1. The lowest BCUT2D eigenvalue weighted by Gasteiger charge is -2.36. The van der Waals surface area contributed by atoms with E-state index >= 15 is 0 Å². The lowest BCUT2D eigenvalue weighted by molar-refractivity contribution is -0.145. The largest absolute Gasteiger partial charge is 0.495 e. The number of piperidine rings is 1. The van der Waals surface area contributed by atoms with E-state index in [-0.39, 0.29) is 28.7 Å². The monoisotopic (exact) mass is 467 g/mol. The second kappa shape index (κ2) is 9.15. The summed E-state index contributed by atoms with van der Waals surface area (Å²) in [5.41, 5.74) is 1.77. The molecule has 1 aliphatic rings. The maximum absolute atomic E-state index is 13.1. The molecule has 0 saturated carbocycles. The number of ether oxygens (including phenoxy) is 1. The van der Waals surface area contributed by atoms with Crippen molar-refractivity contribution in [3.63, 3.8) is 0 Å². The predicted molar refractivity (Wildman–Crippen MR) is 114 cm³/mol. The van der Waals surface area contributed by atoms with E-state index in [0.29, 0.717) is 29.0 Å². The summed E-state index contributed by atoms with van der Waals surface area (Å²) in [4.78, 5) is 21.4. The van der Waals surface area contributed by atoms with E-state index in [2.05, 4.69) is 15.3 Å². The van der Waals surface area contributed by atoms with Gasteiger partial charge in [0.1, 0.15) is 5.75 Å². The molecule has 0 unspecified atom stereocenters. The van der Waals surface area contributed by atoms with E-state index in [0.717, 1.165) is 12.4 Å². The van der Waals surface area contributed by atoms with Gasteiger partial charge in [-0.25, -0.2) is 9.97 Å². The number of aromatic nitrogens is 2. The predicted octanol–water partition coefficient (Wildman–Crippen LogP) is 4.04. The molecule has 1 saturated heterocycles. The number of hydrogen-bond acceptors (Lipinski definition) is 6. The minimum Gasteiger partial charge on any atom is -0.495 e. The van der Waals surface area contributed by atoms with Crippen LogP contribution in [0.3, 0.4) is 0 Å². The van der Waals surface area contributed by atoms with Gasteiger partial charge in [0.15, 0.2) is 0 Å². The zero-order valence-corrected chi connectivity index (χ0v) is 18.3. The molecule has 32 heavy (non-hydrogen) atoms. The van der Waals surface area contributed by atoms with Crippen molar-refractivity contribution in [2.45, 2.75) is 25.6 Å². The minimum atomic E-state index is -4.64. The number of benzene rings is 1. The van der Waals surface area contributed by atoms with Crippen LogP contribution in [0.15, 0.2) is 36.2 Å².